The van der Waals surface area contributed by atoms with Gasteiger partial charge in [-0.15, -0.1) is 0 Å². The van der Waals surface area contributed by atoms with E-state index in [0.29, 0.717) is 10.1 Å². The van der Waals surface area contributed by atoms with Gasteiger partial charge in [0.05, 0.1) is 37.7 Å². The predicted molar refractivity (Wildman–Crippen MR) is 148 cm³/mol. The molecule has 36 heavy (non-hydrogen) atoms. The van der Waals surface area contributed by atoms with Gasteiger partial charge in [0, 0.05) is 28.3 Å². The first kappa shape index (κ1) is 24.2. The van der Waals surface area contributed by atoms with Gasteiger partial charge in [-0.25, -0.2) is 0 Å². The van der Waals surface area contributed by atoms with E-state index in [1.54, 1.807) is 14.2 Å². The first-order valence-electron chi connectivity index (χ1n) is 11.6. The van der Waals surface area contributed by atoms with Crippen molar-refractivity contribution in [1.29, 1.82) is 0 Å². The second-order valence-electron chi connectivity index (χ2n) is 8.67. The molecule has 4 aromatic rings. The summed E-state index contributed by atoms with van der Waals surface area (Å²) in [6, 6.07) is 21.5. The summed E-state index contributed by atoms with van der Waals surface area (Å²) >= 11 is 12.3. The van der Waals surface area contributed by atoms with Gasteiger partial charge in [0.25, 0.3) is 0 Å². The van der Waals surface area contributed by atoms with Crippen LogP contribution >= 0.6 is 23.8 Å². The summed E-state index contributed by atoms with van der Waals surface area (Å²) in [5.74, 6) is 1.54. The molecular weight excluding hydrogens is 492 g/mol. The number of hydrogen-bond donors (Lipinski definition) is 1. The lowest BCUT2D eigenvalue weighted by Crippen LogP contribution is -2.29. The summed E-state index contributed by atoms with van der Waals surface area (Å²) in [7, 11) is 3.33. The molecule has 2 atom stereocenters. The Balaban J connectivity index is 1.69. The van der Waals surface area contributed by atoms with E-state index in [1.165, 1.54) is 0 Å². The fourth-order valence-electron chi connectivity index (χ4n) is 4.99. The number of thiocarbonyl (C=S) groups is 1. The Morgan fingerprint density at radius 3 is 2.42 bits per heavy atom. The number of nitrogens with zero attached hydrogens (tertiary/aromatic N) is 3. The third kappa shape index (κ3) is 4.18. The van der Waals surface area contributed by atoms with E-state index < -0.39 is 0 Å². The molecule has 184 valence electrons. The van der Waals surface area contributed by atoms with Crippen molar-refractivity contribution in [2.45, 2.75) is 25.9 Å². The van der Waals surface area contributed by atoms with Crippen LogP contribution in [0.1, 0.15) is 34.7 Å². The molecule has 5 rings (SSSR count). The summed E-state index contributed by atoms with van der Waals surface area (Å²) in [5.41, 5.74) is 6.06. The number of rotatable bonds is 6. The normalized spacial score (nSPS) is 17.2. The highest BCUT2D eigenvalue weighted by atomic mass is 35.5. The van der Waals surface area contributed by atoms with Crippen molar-refractivity contribution in [1.82, 2.24) is 14.9 Å². The van der Waals surface area contributed by atoms with Crippen molar-refractivity contribution in [3.8, 4) is 17.2 Å². The van der Waals surface area contributed by atoms with Gasteiger partial charge in [0.15, 0.2) is 5.11 Å². The maximum atomic E-state index is 6.39. The van der Waals surface area contributed by atoms with Gasteiger partial charge in [0.1, 0.15) is 11.5 Å². The van der Waals surface area contributed by atoms with Gasteiger partial charge in [0.2, 0.25) is 0 Å². The molecule has 0 spiro atoms. The molecule has 8 heteroatoms. The van der Waals surface area contributed by atoms with Crippen molar-refractivity contribution in [3.05, 3.63) is 101 Å². The lowest BCUT2D eigenvalue weighted by molar-refractivity contribution is 0.412. The van der Waals surface area contributed by atoms with Crippen LogP contribution in [0.2, 0.25) is 5.02 Å². The van der Waals surface area contributed by atoms with Gasteiger partial charge >= 0.3 is 0 Å². The number of nitrogens with one attached hydrogen (secondary N) is 1. The Hall–Kier alpha value is -3.55. The number of aryl methyl sites for hydroxylation is 1. The summed E-state index contributed by atoms with van der Waals surface area (Å²) in [5, 5.41) is 4.82. The SMILES string of the molecule is COc1ccc(N2C(=S)N[C@H](c3ccccn3)[C@@H]2c2cc(C)n(-c3cc(Cl)ccc3OC)c2C)cc1. The fraction of sp³-hybridized carbons (Fsp3) is 0.214. The van der Waals surface area contributed by atoms with Crippen molar-refractivity contribution >= 4 is 34.6 Å². The number of aromatic nitrogens is 2. The van der Waals surface area contributed by atoms with Crippen LogP contribution in [-0.4, -0.2) is 28.9 Å². The monoisotopic (exact) mass is 518 g/mol. The Morgan fingerprint density at radius 2 is 1.75 bits per heavy atom. The van der Waals surface area contributed by atoms with E-state index in [0.717, 1.165) is 45.5 Å². The number of hydrogen-bond acceptors (Lipinski definition) is 4. The van der Waals surface area contributed by atoms with E-state index in [2.05, 4.69) is 39.7 Å². The van der Waals surface area contributed by atoms with E-state index in [1.807, 2.05) is 66.9 Å². The van der Waals surface area contributed by atoms with Crippen molar-refractivity contribution in [3.63, 3.8) is 0 Å². The first-order valence-corrected chi connectivity index (χ1v) is 12.4. The smallest absolute Gasteiger partial charge is 0.174 e. The molecule has 2 aromatic carbocycles. The van der Waals surface area contributed by atoms with Gasteiger partial charge in [-0.2, -0.15) is 0 Å². The molecular formula is C28H27ClN4O2S. The molecule has 1 aliphatic heterocycles. The zero-order chi connectivity index (χ0) is 25.4. The minimum absolute atomic E-state index is 0.133. The van der Waals surface area contributed by atoms with Gasteiger partial charge in [-0.3, -0.25) is 4.98 Å². The Labute approximate surface area is 221 Å². The second kappa shape index (κ2) is 9.84. The summed E-state index contributed by atoms with van der Waals surface area (Å²) in [6.45, 7) is 4.21. The summed E-state index contributed by atoms with van der Waals surface area (Å²) in [4.78, 5) is 6.83. The van der Waals surface area contributed by atoms with E-state index in [-0.39, 0.29) is 12.1 Å². The molecule has 3 heterocycles. The van der Waals surface area contributed by atoms with Crippen LogP contribution in [0.4, 0.5) is 5.69 Å². The molecule has 0 aliphatic carbocycles. The number of pyridine rings is 1. The molecule has 1 aliphatic rings. The lowest BCUT2D eigenvalue weighted by atomic mass is 9.96. The van der Waals surface area contributed by atoms with Crippen molar-refractivity contribution < 1.29 is 9.47 Å². The van der Waals surface area contributed by atoms with Crippen molar-refractivity contribution in [2.75, 3.05) is 19.1 Å². The molecule has 0 amide bonds. The van der Waals surface area contributed by atoms with Crippen LogP contribution in [0.5, 0.6) is 11.5 Å². The molecule has 0 saturated carbocycles. The molecule has 2 aromatic heterocycles. The minimum atomic E-state index is -0.143. The highest BCUT2D eigenvalue weighted by molar-refractivity contribution is 7.80. The van der Waals surface area contributed by atoms with E-state index in [4.69, 9.17) is 33.3 Å². The molecule has 1 N–H and O–H groups in total. The van der Waals surface area contributed by atoms with Gasteiger partial charge in [-0.05, 0) is 92.3 Å². The van der Waals surface area contributed by atoms with Crippen LogP contribution in [0.25, 0.3) is 5.69 Å². The Morgan fingerprint density at radius 1 is 0.972 bits per heavy atom. The van der Waals surface area contributed by atoms with Crippen LogP contribution in [-0.2, 0) is 0 Å². The molecule has 0 unspecified atom stereocenters. The number of benzene rings is 2. The topological polar surface area (TPSA) is 51.5 Å². The zero-order valence-corrected chi connectivity index (χ0v) is 22.1. The summed E-state index contributed by atoms with van der Waals surface area (Å²) < 4.78 is 13.2. The molecule has 6 nitrogen and oxygen atoms in total. The number of ether oxygens (including phenoxy) is 2. The Bertz CT molecular complexity index is 1410. The number of anilines is 1. The maximum absolute atomic E-state index is 6.39. The minimum Gasteiger partial charge on any atom is -0.497 e. The highest BCUT2D eigenvalue weighted by Gasteiger charge is 2.42. The highest BCUT2D eigenvalue weighted by Crippen LogP contribution is 2.44. The average molecular weight is 519 g/mol. The Kier molecular flexibility index (Phi) is 6.60. The van der Waals surface area contributed by atoms with Crippen molar-refractivity contribution in [2.24, 2.45) is 0 Å². The largest absolute Gasteiger partial charge is 0.497 e. The van der Waals surface area contributed by atoms with Gasteiger partial charge in [-0.1, -0.05) is 17.7 Å². The van der Waals surface area contributed by atoms with E-state index in [9.17, 15) is 0 Å². The zero-order valence-electron chi connectivity index (χ0n) is 20.5. The maximum Gasteiger partial charge on any atom is 0.174 e. The third-order valence-electron chi connectivity index (χ3n) is 6.62. The molecule has 0 radical (unpaired) electrons. The number of methoxy groups -OCH3 is 2. The molecule has 0 bridgehead atoms. The van der Waals surface area contributed by atoms with Crippen LogP contribution in [0, 0.1) is 13.8 Å². The fourth-order valence-corrected chi connectivity index (χ4v) is 5.50. The van der Waals surface area contributed by atoms with Crippen LogP contribution in [0.3, 0.4) is 0 Å². The molecule has 1 fully saturated rings. The van der Waals surface area contributed by atoms with Crippen LogP contribution < -0.4 is 19.7 Å². The second-order valence-corrected chi connectivity index (χ2v) is 9.50. The number of halogens is 1. The molecule has 1 saturated heterocycles. The lowest BCUT2D eigenvalue weighted by Gasteiger charge is -2.28. The van der Waals surface area contributed by atoms with Crippen LogP contribution in [0.15, 0.2) is 72.9 Å². The van der Waals surface area contributed by atoms with E-state index >= 15 is 0 Å². The first-order chi connectivity index (χ1) is 17.4. The summed E-state index contributed by atoms with van der Waals surface area (Å²) in [6.07, 6.45) is 1.81. The quantitative estimate of drug-likeness (QED) is 0.301. The predicted octanol–water partition coefficient (Wildman–Crippen LogP) is 6.34. The average Bonchev–Trinajstić information content (AvgIpc) is 3.39. The third-order valence-corrected chi connectivity index (χ3v) is 7.17. The standard InChI is InChI=1S/C28H27ClN4O2S/c1-17-15-22(18(2)32(17)24-16-19(29)8-13-25(24)35-4)27-26(23-7-5-6-14-30-23)31-28(36)33(27)20-9-11-21(34-3)12-10-20/h5-16,26-27H,1-4H3,(H,31,36)/t26-,27+/m1/s1. The van der Waals surface area contributed by atoms with Gasteiger partial charge < -0.3 is 24.3 Å².